The van der Waals surface area contributed by atoms with Gasteiger partial charge < -0.3 is 4.90 Å². The molecule has 0 atom stereocenters. The van der Waals surface area contributed by atoms with Crippen LogP contribution < -0.4 is 4.90 Å². The summed E-state index contributed by atoms with van der Waals surface area (Å²) in [5.74, 6) is 0.214. The second-order valence-electron chi connectivity index (χ2n) is 4.55. The van der Waals surface area contributed by atoms with Crippen LogP contribution in [-0.4, -0.2) is 17.8 Å². The van der Waals surface area contributed by atoms with Crippen LogP contribution in [0.4, 0.5) is 5.69 Å². The standard InChI is InChI=1S/C15H14N2O/c1-17(12-6-7-14(18)9-12)13-8-11-4-2-3-5-15(11)16-10-13/h2-5,8-10H,6-7H2,1H3. The lowest BCUT2D eigenvalue weighted by molar-refractivity contribution is -0.114. The van der Waals surface area contributed by atoms with Crippen LogP contribution in [0.3, 0.4) is 0 Å². The second-order valence-corrected chi connectivity index (χ2v) is 4.55. The maximum Gasteiger partial charge on any atom is 0.157 e. The lowest BCUT2D eigenvalue weighted by Gasteiger charge is -2.20. The normalized spacial score (nSPS) is 14.9. The summed E-state index contributed by atoms with van der Waals surface area (Å²) in [6.07, 6.45) is 5.03. The van der Waals surface area contributed by atoms with Crippen LogP contribution in [0.25, 0.3) is 10.9 Å². The van der Waals surface area contributed by atoms with Crippen LogP contribution in [0.1, 0.15) is 12.8 Å². The van der Waals surface area contributed by atoms with Crippen LogP contribution in [0.2, 0.25) is 0 Å². The first-order valence-corrected chi connectivity index (χ1v) is 6.06. The van der Waals surface area contributed by atoms with Gasteiger partial charge in [0.2, 0.25) is 0 Å². The van der Waals surface area contributed by atoms with E-state index in [4.69, 9.17) is 0 Å². The smallest absolute Gasteiger partial charge is 0.157 e. The summed E-state index contributed by atoms with van der Waals surface area (Å²) in [6, 6.07) is 10.1. The van der Waals surface area contributed by atoms with E-state index in [1.54, 1.807) is 6.08 Å². The molecule has 0 bridgehead atoms. The number of hydrogen-bond donors (Lipinski definition) is 0. The maximum atomic E-state index is 11.3. The highest BCUT2D eigenvalue weighted by atomic mass is 16.1. The Morgan fingerprint density at radius 2 is 2.06 bits per heavy atom. The number of rotatable bonds is 2. The van der Waals surface area contributed by atoms with E-state index in [0.29, 0.717) is 6.42 Å². The summed E-state index contributed by atoms with van der Waals surface area (Å²) < 4.78 is 0. The van der Waals surface area contributed by atoms with Crippen molar-refractivity contribution in [3.63, 3.8) is 0 Å². The number of pyridine rings is 1. The summed E-state index contributed by atoms with van der Waals surface area (Å²) in [7, 11) is 1.98. The molecule has 18 heavy (non-hydrogen) atoms. The number of anilines is 1. The van der Waals surface area contributed by atoms with Crippen molar-refractivity contribution in [2.75, 3.05) is 11.9 Å². The number of para-hydroxylation sites is 1. The number of benzene rings is 1. The number of carbonyl (C=O) groups excluding carboxylic acids is 1. The van der Waals surface area contributed by atoms with Crippen molar-refractivity contribution in [1.29, 1.82) is 0 Å². The van der Waals surface area contributed by atoms with Crippen molar-refractivity contribution in [3.8, 4) is 0 Å². The van der Waals surface area contributed by atoms with Crippen molar-refractivity contribution < 1.29 is 4.79 Å². The Bertz CT molecular complexity index is 646. The van der Waals surface area contributed by atoms with Gasteiger partial charge in [0.1, 0.15) is 0 Å². The number of fused-ring (bicyclic) bond motifs is 1. The summed E-state index contributed by atoms with van der Waals surface area (Å²) >= 11 is 0. The molecule has 1 aromatic carbocycles. The minimum absolute atomic E-state index is 0.214. The van der Waals surface area contributed by atoms with Gasteiger partial charge in [-0.3, -0.25) is 9.78 Å². The van der Waals surface area contributed by atoms with E-state index in [1.807, 2.05) is 42.4 Å². The third-order valence-electron chi connectivity index (χ3n) is 3.35. The molecule has 3 nitrogen and oxygen atoms in total. The molecule has 0 N–H and O–H groups in total. The first-order valence-electron chi connectivity index (χ1n) is 6.06. The van der Waals surface area contributed by atoms with Gasteiger partial charge in [-0.05, 0) is 18.6 Å². The van der Waals surface area contributed by atoms with Crippen molar-refractivity contribution in [2.45, 2.75) is 12.8 Å². The third-order valence-corrected chi connectivity index (χ3v) is 3.35. The maximum absolute atomic E-state index is 11.3. The Morgan fingerprint density at radius 3 is 2.83 bits per heavy atom. The molecule has 0 aliphatic heterocycles. The zero-order valence-corrected chi connectivity index (χ0v) is 10.3. The first-order chi connectivity index (χ1) is 8.74. The Balaban J connectivity index is 1.99. The van der Waals surface area contributed by atoms with Crippen LogP contribution >= 0.6 is 0 Å². The SMILES string of the molecule is CN(C1=CC(=O)CC1)c1cnc2ccccc2c1. The van der Waals surface area contributed by atoms with Crippen LogP contribution in [-0.2, 0) is 4.79 Å². The molecule has 3 rings (SSSR count). The van der Waals surface area contributed by atoms with Gasteiger partial charge in [-0.2, -0.15) is 0 Å². The number of carbonyl (C=O) groups is 1. The van der Waals surface area contributed by atoms with E-state index >= 15 is 0 Å². The van der Waals surface area contributed by atoms with E-state index in [1.165, 1.54) is 0 Å². The zero-order valence-electron chi connectivity index (χ0n) is 10.3. The highest BCUT2D eigenvalue weighted by Crippen LogP contribution is 2.26. The molecular formula is C15H14N2O. The quantitative estimate of drug-likeness (QED) is 0.806. The lowest BCUT2D eigenvalue weighted by atomic mass is 10.2. The molecule has 1 heterocycles. The average Bonchev–Trinajstić information content (AvgIpc) is 2.84. The lowest BCUT2D eigenvalue weighted by Crippen LogP contribution is -2.15. The molecule has 1 aliphatic carbocycles. The van der Waals surface area contributed by atoms with Crippen LogP contribution in [0.5, 0.6) is 0 Å². The van der Waals surface area contributed by atoms with E-state index in [-0.39, 0.29) is 5.78 Å². The monoisotopic (exact) mass is 238 g/mol. The minimum atomic E-state index is 0.214. The molecule has 0 fully saturated rings. The fraction of sp³-hybridized carbons (Fsp3) is 0.200. The summed E-state index contributed by atoms with van der Waals surface area (Å²) in [5, 5.41) is 1.12. The number of aromatic nitrogens is 1. The van der Waals surface area contributed by atoms with Gasteiger partial charge in [-0.25, -0.2) is 0 Å². The molecule has 1 aliphatic rings. The predicted molar refractivity (Wildman–Crippen MR) is 72.5 cm³/mol. The number of nitrogens with zero attached hydrogens (tertiary/aromatic N) is 2. The van der Waals surface area contributed by atoms with E-state index in [2.05, 4.69) is 11.1 Å². The molecule has 0 saturated carbocycles. The molecular weight excluding hydrogens is 224 g/mol. The molecule has 0 amide bonds. The highest BCUT2D eigenvalue weighted by Gasteiger charge is 2.16. The minimum Gasteiger partial charge on any atom is -0.347 e. The Hall–Kier alpha value is -2.16. The van der Waals surface area contributed by atoms with Crippen molar-refractivity contribution >= 4 is 22.4 Å². The van der Waals surface area contributed by atoms with Gasteiger partial charge in [-0.1, -0.05) is 18.2 Å². The average molecular weight is 238 g/mol. The topological polar surface area (TPSA) is 33.2 Å². The summed E-state index contributed by atoms with van der Waals surface area (Å²) in [5.41, 5.74) is 3.08. The number of ketones is 1. The van der Waals surface area contributed by atoms with Gasteiger partial charge in [0, 0.05) is 30.6 Å². The van der Waals surface area contributed by atoms with Gasteiger partial charge in [0.15, 0.2) is 5.78 Å². The summed E-state index contributed by atoms with van der Waals surface area (Å²) in [6.45, 7) is 0. The Labute approximate surface area is 106 Å². The van der Waals surface area contributed by atoms with Gasteiger partial charge >= 0.3 is 0 Å². The Kier molecular flexibility index (Phi) is 2.59. The van der Waals surface area contributed by atoms with Crippen LogP contribution in [0, 0.1) is 0 Å². The van der Waals surface area contributed by atoms with Gasteiger partial charge in [-0.15, -0.1) is 0 Å². The van der Waals surface area contributed by atoms with Gasteiger partial charge in [0.25, 0.3) is 0 Å². The van der Waals surface area contributed by atoms with Crippen molar-refractivity contribution in [1.82, 2.24) is 4.98 Å². The number of hydrogen-bond acceptors (Lipinski definition) is 3. The fourth-order valence-corrected chi connectivity index (χ4v) is 2.25. The third kappa shape index (κ3) is 1.88. The first kappa shape index (κ1) is 11.0. The molecule has 0 radical (unpaired) electrons. The summed E-state index contributed by atoms with van der Waals surface area (Å²) in [4.78, 5) is 17.8. The highest BCUT2D eigenvalue weighted by molar-refractivity contribution is 5.94. The van der Waals surface area contributed by atoms with Crippen molar-refractivity contribution in [2.24, 2.45) is 0 Å². The van der Waals surface area contributed by atoms with Crippen molar-refractivity contribution in [3.05, 3.63) is 48.3 Å². The molecule has 0 saturated heterocycles. The predicted octanol–water partition coefficient (Wildman–Crippen LogP) is 2.92. The number of allylic oxidation sites excluding steroid dienone is 2. The fourth-order valence-electron chi connectivity index (χ4n) is 2.25. The second kappa shape index (κ2) is 4.26. The van der Waals surface area contributed by atoms with Gasteiger partial charge in [0.05, 0.1) is 17.4 Å². The molecule has 1 aromatic heterocycles. The molecule has 90 valence electrons. The molecule has 2 aromatic rings. The van der Waals surface area contributed by atoms with Crippen LogP contribution in [0.15, 0.2) is 48.3 Å². The van der Waals surface area contributed by atoms with E-state index in [9.17, 15) is 4.79 Å². The Morgan fingerprint density at radius 1 is 1.22 bits per heavy atom. The molecule has 3 heteroatoms. The molecule has 0 spiro atoms. The van der Waals surface area contributed by atoms with E-state index in [0.717, 1.165) is 28.7 Å². The zero-order chi connectivity index (χ0) is 12.5. The molecule has 0 unspecified atom stereocenters. The largest absolute Gasteiger partial charge is 0.347 e. The van der Waals surface area contributed by atoms with E-state index < -0.39 is 0 Å².